The SMILES string of the molecule is c1ccc(-c2nc(-c3ccccc3)nc(-n3c4ccc(-c5ccc6c(c5)c5c7c(ccc5n6-c5nc(-c6ccccc6)nc(-c6ccccc6)n5)-c5ccccc5C7(c5ccccc5)c5ccccc5)cc4c4cc5c(cc43)C(c3ccccc3)(c3ccccc3)c3ccccc3-5)n2)cc1. The van der Waals surface area contributed by atoms with Gasteiger partial charge in [-0.2, -0.15) is 19.9 Å². The van der Waals surface area contributed by atoms with E-state index in [-0.39, 0.29) is 0 Å². The van der Waals surface area contributed by atoms with Crippen LogP contribution < -0.4 is 0 Å². The van der Waals surface area contributed by atoms with Gasteiger partial charge in [-0.1, -0.05) is 309 Å². The van der Waals surface area contributed by atoms with Crippen LogP contribution in [0.15, 0.2) is 352 Å². The van der Waals surface area contributed by atoms with Gasteiger partial charge in [-0.3, -0.25) is 9.13 Å². The summed E-state index contributed by atoms with van der Waals surface area (Å²) in [6.07, 6.45) is 0. The zero-order valence-corrected chi connectivity index (χ0v) is 54.1. The number of hydrogen-bond acceptors (Lipinski definition) is 6. The molecule has 0 unspecified atom stereocenters. The molecule has 20 rings (SSSR count). The van der Waals surface area contributed by atoms with Crippen LogP contribution in [0.2, 0.25) is 0 Å². The average molecular weight is 1280 g/mol. The molecular formula is C92H58N8. The number of nitrogens with zero attached hydrogens (tertiary/aromatic N) is 8. The van der Waals surface area contributed by atoms with Gasteiger partial charge in [0.05, 0.1) is 32.9 Å². The lowest BCUT2D eigenvalue weighted by molar-refractivity contribution is 0.769. The lowest BCUT2D eigenvalue weighted by Crippen LogP contribution is -2.28. The van der Waals surface area contributed by atoms with E-state index in [1.807, 2.05) is 72.8 Å². The van der Waals surface area contributed by atoms with Crippen LogP contribution in [0.3, 0.4) is 0 Å². The van der Waals surface area contributed by atoms with E-state index >= 15 is 0 Å². The highest BCUT2D eigenvalue weighted by Gasteiger charge is 2.49. The third kappa shape index (κ3) is 8.53. The van der Waals surface area contributed by atoms with E-state index in [9.17, 15) is 0 Å². The van der Waals surface area contributed by atoms with Crippen molar-refractivity contribution in [1.29, 1.82) is 0 Å². The van der Waals surface area contributed by atoms with Crippen molar-refractivity contribution in [3.05, 3.63) is 396 Å². The number of fused-ring (bicyclic) bond motifs is 13. The van der Waals surface area contributed by atoms with E-state index in [1.54, 1.807) is 0 Å². The fourth-order valence-corrected chi connectivity index (χ4v) is 16.6. The summed E-state index contributed by atoms with van der Waals surface area (Å²) in [4.78, 5) is 32.4. The normalized spacial score (nSPS) is 13.2. The topological polar surface area (TPSA) is 87.2 Å². The molecular weight excluding hydrogens is 1220 g/mol. The van der Waals surface area contributed by atoms with Crippen LogP contribution in [0.4, 0.5) is 0 Å². The van der Waals surface area contributed by atoms with Gasteiger partial charge in [0, 0.05) is 43.8 Å². The van der Waals surface area contributed by atoms with Crippen molar-refractivity contribution in [3.8, 4) is 90.8 Å². The van der Waals surface area contributed by atoms with E-state index in [0.717, 1.165) is 77.0 Å². The van der Waals surface area contributed by atoms with E-state index in [1.165, 1.54) is 66.8 Å². The average Bonchev–Trinajstić information content (AvgIpc) is 1.52. The molecule has 0 bridgehead atoms. The Morgan fingerprint density at radius 2 is 0.550 bits per heavy atom. The highest BCUT2D eigenvalue weighted by Crippen LogP contribution is 2.61. The minimum atomic E-state index is -0.736. The molecule has 2 aliphatic rings. The minimum absolute atomic E-state index is 0.523. The molecule has 100 heavy (non-hydrogen) atoms. The molecule has 0 spiro atoms. The molecule has 2 aliphatic carbocycles. The Labute approximate surface area is 577 Å². The highest BCUT2D eigenvalue weighted by atomic mass is 15.2. The molecule has 0 amide bonds. The lowest BCUT2D eigenvalue weighted by Gasteiger charge is -2.34. The molecule has 0 fully saturated rings. The monoisotopic (exact) mass is 1270 g/mol. The van der Waals surface area contributed by atoms with E-state index in [2.05, 4.69) is 288 Å². The molecule has 0 radical (unpaired) electrons. The van der Waals surface area contributed by atoms with Crippen LogP contribution in [0, 0.1) is 0 Å². The van der Waals surface area contributed by atoms with Gasteiger partial charge < -0.3 is 0 Å². The van der Waals surface area contributed by atoms with Crippen molar-refractivity contribution in [1.82, 2.24) is 39.0 Å². The van der Waals surface area contributed by atoms with Crippen molar-refractivity contribution in [2.24, 2.45) is 0 Å². The lowest BCUT2D eigenvalue weighted by atomic mass is 9.67. The van der Waals surface area contributed by atoms with Crippen LogP contribution in [-0.2, 0) is 10.8 Å². The zero-order chi connectivity index (χ0) is 65.9. The maximum atomic E-state index is 5.50. The molecule has 8 heteroatoms. The Morgan fingerprint density at radius 1 is 0.210 bits per heavy atom. The quantitative estimate of drug-likeness (QED) is 0.128. The Balaban J connectivity index is 0.890. The molecule has 0 saturated carbocycles. The number of benzene rings is 14. The number of hydrogen-bond donors (Lipinski definition) is 0. The second-order valence-electron chi connectivity index (χ2n) is 26.0. The van der Waals surface area contributed by atoms with Gasteiger partial charge in [0.1, 0.15) is 0 Å². The van der Waals surface area contributed by atoms with Gasteiger partial charge in [0.25, 0.3) is 0 Å². The van der Waals surface area contributed by atoms with E-state index in [4.69, 9.17) is 29.9 Å². The summed E-state index contributed by atoms with van der Waals surface area (Å²) in [6.45, 7) is 0. The minimum Gasteiger partial charge on any atom is -0.278 e. The second-order valence-corrected chi connectivity index (χ2v) is 26.0. The van der Waals surface area contributed by atoms with E-state index in [0.29, 0.717) is 35.2 Å². The van der Waals surface area contributed by atoms with Crippen LogP contribution in [0.1, 0.15) is 44.5 Å². The van der Waals surface area contributed by atoms with Gasteiger partial charge in [0.2, 0.25) is 11.9 Å². The first-order valence-corrected chi connectivity index (χ1v) is 34.0. The molecule has 8 nitrogen and oxygen atoms in total. The number of aromatic nitrogens is 8. The van der Waals surface area contributed by atoms with Gasteiger partial charge in [-0.15, -0.1) is 0 Å². The maximum Gasteiger partial charge on any atom is 0.238 e. The molecule has 0 aliphatic heterocycles. The van der Waals surface area contributed by atoms with E-state index < -0.39 is 10.8 Å². The molecule has 18 aromatic rings. The van der Waals surface area contributed by atoms with Crippen molar-refractivity contribution >= 4 is 43.6 Å². The predicted molar refractivity (Wildman–Crippen MR) is 404 cm³/mol. The second kappa shape index (κ2) is 22.7. The standard InChI is InChI=1S/C92H58N8/c1-9-29-59(30-10-1)85-93-86(60-31-11-2-12-32-60)96-89(95-85)99-80-53-50-64(56-75(80)83-81(99)54-51-71-69-45-25-28-48-77(69)92(84(71)83,67-41-21-7-22-42-67)68-43-23-8-24-44-68)63-49-52-79-73(55-63)74-57-72-70-46-26-27-47-76(70)91(65-37-17-5-18-38-65,66-39-19-6-20-40-66)78(72)58-82(74)100(79)90-97-87(61-33-13-3-14-34-61)94-88(98-90)62-35-15-4-16-36-62/h1-58H. The first-order chi connectivity index (χ1) is 49.6. The molecule has 0 saturated heterocycles. The zero-order valence-electron chi connectivity index (χ0n) is 54.1. The summed E-state index contributed by atoms with van der Waals surface area (Å²) in [5.74, 6) is 3.40. The van der Waals surface area contributed by atoms with Crippen molar-refractivity contribution < 1.29 is 0 Å². The maximum absolute atomic E-state index is 5.50. The van der Waals surface area contributed by atoms with Gasteiger partial charge >= 0.3 is 0 Å². The molecule has 466 valence electrons. The molecule has 0 atom stereocenters. The van der Waals surface area contributed by atoms with Crippen LogP contribution in [-0.4, -0.2) is 39.0 Å². The first-order valence-electron chi connectivity index (χ1n) is 34.0. The molecule has 14 aromatic carbocycles. The van der Waals surface area contributed by atoms with Gasteiger partial charge in [-0.25, -0.2) is 9.97 Å². The Bertz CT molecular complexity index is 6040. The van der Waals surface area contributed by atoms with Crippen molar-refractivity contribution in [2.45, 2.75) is 10.8 Å². The largest absolute Gasteiger partial charge is 0.278 e. The Hall–Kier alpha value is -13.3. The predicted octanol–water partition coefficient (Wildman–Crippen LogP) is 21.3. The van der Waals surface area contributed by atoms with Crippen LogP contribution in [0.5, 0.6) is 0 Å². The Morgan fingerprint density at radius 3 is 1.00 bits per heavy atom. The van der Waals surface area contributed by atoms with Crippen molar-refractivity contribution in [3.63, 3.8) is 0 Å². The van der Waals surface area contributed by atoms with Crippen molar-refractivity contribution in [2.75, 3.05) is 0 Å². The summed E-state index contributed by atoms with van der Waals surface area (Å²) in [5, 5.41) is 4.32. The summed E-state index contributed by atoms with van der Waals surface area (Å²) in [5.41, 5.74) is 22.6. The fraction of sp³-hybridized carbons (Fsp3) is 0.0217. The summed E-state index contributed by atoms with van der Waals surface area (Å²) < 4.78 is 4.56. The summed E-state index contributed by atoms with van der Waals surface area (Å²) in [7, 11) is 0. The molecule has 4 aromatic heterocycles. The smallest absolute Gasteiger partial charge is 0.238 e. The highest BCUT2D eigenvalue weighted by molar-refractivity contribution is 6.17. The van der Waals surface area contributed by atoms with Gasteiger partial charge in [0.15, 0.2) is 23.3 Å². The fourth-order valence-electron chi connectivity index (χ4n) is 16.6. The molecule has 0 N–H and O–H groups in total. The Kier molecular flexibility index (Phi) is 12.9. The molecule has 4 heterocycles. The summed E-state index contributed by atoms with van der Waals surface area (Å²) in [6, 6.07) is 127. The number of rotatable bonds is 11. The third-order valence-electron chi connectivity index (χ3n) is 20.8. The van der Waals surface area contributed by atoms with Crippen LogP contribution in [0.25, 0.3) is 134 Å². The summed E-state index contributed by atoms with van der Waals surface area (Å²) >= 11 is 0. The van der Waals surface area contributed by atoms with Crippen LogP contribution >= 0.6 is 0 Å². The third-order valence-corrected chi connectivity index (χ3v) is 20.8. The van der Waals surface area contributed by atoms with Gasteiger partial charge in [-0.05, 0) is 120 Å². The first kappa shape index (κ1) is 57.0.